The molecule has 2 amide bonds. The lowest BCUT2D eigenvalue weighted by atomic mass is 10.0. The third kappa shape index (κ3) is 4.43. The average molecular weight is 337 g/mol. The van der Waals surface area contributed by atoms with Crippen LogP contribution in [-0.2, 0) is 0 Å². The van der Waals surface area contributed by atoms with E-state index in [0.29, 0.717) is 16.3 Å². The van der Waals surface area contributed by atoms with Crippen molar-refractivity contribution in [3.8, 4) is 0 Å². The molecule has 2 unspecified atom stereocenters. The summed E-state index contributed by atoms with van der Waals surface area (Å²) in [6, 6.07) is 9.75. The van der Waals surface area contributed by atoms with E-state index in [4.69, 9.17) is 11.6 Å². The molecular weight excluding hydrogens is 319 g/mol. The number of aryl methyl sites for hydroxylation is 1. The van der Waals surface area contributed by atoms with Crippen molar-refractivity contribution in [3.05, 3.63) is 64.4 Å². The molecule has 0 spiro atoms. The van der Waals surface area contributed by atoms with Gasteiger partial charge < -0.3 is 15.7 Å². The first-order chi connectivity index (χ1) is 10.9. The summed E-state index contributed by atoms with van der Waals surface area (Å²) in [5.41, 5.74) is 1.87. The fraction of sp³-hybridized carbons (Fsp3) is 0.235. The molecule has 6 heteroatoms. The van der Waals surface area contributed by atoms with Gasteiger partial charge in [-0.2, -0.15) is 0 Å². The van der Waals surface area contributed by atoms with E-state index in [1.54, 1.807) is 19.1 Å². The molecule has 4 nitrogen and oxygen atoms in total. The number of halogens is 2. The molecule has 23 heavy (non-hydrogen) atoms. The number of anilines is 1. The topological polar surface area (TPSA) is 61.4 Å². The predicted octanol–water partition coefficient (Wildman–Crippen LogP) is 4.03. The number of carbonyl (C=O) groups excluding carboxylic acids is 1. The van der Waals surface area contributed by atoms with E-state index in [2.05, 4.69) is 10.6 Å². The zero-order valence-corrected chi connectivity index (χ0v) is 13.6. The summed E-state index contributed by atoms with van der Waals surface area (Å²) in [5, 5.41) is 15.9. The standard InChI is InChI=1S/C17H18ClFN2O2/c1-10-4-3-5-14(15(10)18)21-17(23)20-11(2)16(22)12-6-8-13(19)9-7-12/h3-9,11,16,22H,1-2H3,(H2,20,21,23). The SMILES string of the molecule is Cc1cccc(NC(=O)NC(C)C(O)c2ccc(F)cc2)c1Cl. The molecule has 2 aromatic carbocycles. The summed E-state index contributed by atoms with van der Waals surface area (Å²) >= 11 is 6.12. The van der Waals surface area contributed by atoms with Crippen LogP contribution >= 0.6 is 11.6 Å². The first-order valence-electron chi connectivity index (χ1n) is 7.14. The number of hydrogen-bond acceptors (Lipinski definition) is 2. The van der Waals surface area contributed by atoms with Crippen LogP contribution < -0.4 is 10.6 Å². The van der Waals surface area contributed by atoms with Crippen molar-refractivity contribution >= 4 is 23.3 Å². The molecule has 0 bridgehead atoms. The summed E-state index contributed by atoms with van der Waals surface area (Å²) < 4.78 is 12.9. The minimum absolute atomic E-state index is 0.381. The highest BCUT2D eigenvalue weighted by molar-refractivity contribution is 6.34. The number of urea groups is 1. The van der Waals surface area contributed by atoms with Crippen LogP contribution in [0, 0.1) is 12.7 Å². The van der Waals surface area contributed by atoms with Crippen LogP contribution in [0.25, 0.3) is 0 Å². The summed E-state index contributed by atoms with van der Waals surface area (Å²) in [6.45, 7) is 3.50. The molecule has 0 radical (unpaired) electrons. The van der Waals surface area contributed by atoms with Gasteiger partial charge in [0.15, 0.2) is 0 Å². The van der Waals surface area contributed by atoms with Crippen molar-refractivity contribution in [2.45, 2.75) is 26.0 Å². The maximum Gasteiger partial charge on any atom is 0.319 e. The van der Waals surface area contributed by atoms with Crippen LogP contribution in [-0.4, -0.2) is 17.2 Å². The summed E-state index contributed by atoms with van der Waals surface area (Å²) in [6.07, 6.45) is -0.950. The number of aliphatic hydroxyl groups is 1. The highest BCUT2D eigenvalue weighted by Gasteiger charge is 2.19. The Morgan fingerprint density at radius 3 is 2.52 bits per heavy atom. The molecule has 0 saturated heterocycles. The van der Waals surface area contributed by atoms with E-state index in [9.17, 15) is 14.3 Å². The van der Waals surface area contributed by atoms with Crippen LogP contribution in [0.5, 0.6) is 0 Å². The van der Waals surface area contributed by atoms with Gasteiger partial charge in [0.25, 0.3) is 0 Å². The quantitative estimate of drug-likeness (QED) is 0.789. The van der Waals surface area contributed by atoms with Gasteiger partial charge in [-0.3, -0.25) is 0 Å². The summed E-state index contributed by atoms with van der Waals surface area (Å²) in [7, 11) is 0. The van der Waals surface area contributed by atoms with E-state index in [0.717, 1.165) is 5.56 Å². The van der Waals surface area contributed by atoms with Gasteiger partial charge in [0.05, 0.1) is 22.9 Å². The lowest BCUT2D eigenvalue weighted by Gasteiger charge is -2.21. The largest absolute Gasteiger partial charge is 0.386 e. The number of nitrogens with one attached hydrogen (secondary N) is 2. The van der Waals surface area contributed by atoms with Crippen molar-refractivity contribution in [2.24, 2.45) is 0 Å². The molecule has 0 heterocycles. The van der Waals surface area contributed by atoms with Crippen LogP contribution in [0.3, 0.4) is 0 Å². The Kier molecular flexibility index (Phi) is 5.58. The third-order valence-electron chi connectivity index (χ3n) is 3.48. The number of carbonyl (C=O) groups is 1. The first-order valence-corrected chi connectivity index (χ1v) is 7.52. The fourth-order valence-corrected chi connectivity index (χ4v) is 2.31. The highest BCUT2D eigenvalue weighted by atomic mass is 35.5. The van der Waals surface area contributed by atoms with Gasteiger partial charge in [0.2, 0.25) is 0 Å². The van der Waals surface area contributed by atoms with Gasteiger partial charge in [-0.15, -0.1) is 0 Å². The molecular formula is C17H18ClFN2O2. The Morgan fingerprint density at radius 2 is 1.87 bits per heavy atom. The molecule has 0 aromatic heterocycles. The van der Waals surface area contributed by atoms with Gasteiger partial charge in [-0.05, 0) is 43.2 Å². The molecule has 0 aliphatic rings. The number of amides is 2. The molecule has 0 aliphatic carbocycles. The van der Waals surface area contributed by atoms with Crippen LogP contribution in [0.1, 0.15) is 24.2 Å². The lowest BCUT2D eigenvalue weighted by Crippen LogP contribution is -2.39. The number of aliphatic hydroxyl groups excluding tert-OH is 1. The van der Waals surface area contributed by atoms with E-state index in [-0.39, 0.29) is 5.82 Å². The molecule has 2 rings (SSSR count). The highest BCUT2D eigenvalue weighted by Crippen LogP contribution is 2.25. The summed E-state index contributed by atoms with van der Waals surface area (Å²) in [4.78, 5) is 12.0. The Balaban J connectivity index is 1.99. The van der Waals surface area contributed by atoms with Gasteiger partial charge in [0.1, 0.15) is 5.82 Å². The van der Waals surface area contributed by atoms with Gasteiger partial charge in [0, 0.05) is 0 Å². The van der Waals surface area contributed by atoms with Gasteiger partial charge in [-0.25, -0.2) is 9.18 Å². The zero-order valence-electron chi connectivity index (χ0n) is 12.8. The Morgan fingerprint density at radius 1 is 1.22 bits per heavy atom. The van der Waals surface area contributed by atoms with Crippen LogP contribution in [0.15, 0.2) is 42.5 Å². The maximum absolute atomic E-state index is 12.9. The second-order valence-corrected chi connectivity index (χ2v) is 5.70. The smallest absolute Gasteiger partial charge is 0.319 e. The number of benzene rings is 2. The van der Waals surface area contributed by atoms with Crippen LogP contribution in [0.4, 0.5) is 14.9 Å². The summed E-state index contributed by atoms with van der Waals surface area (Å²) in [5.74, 6) is -0.381. The minimum atomic E-state index is -0.950. The molecule has 0 aliphatic heterocycles. The van der Waals surface area contributed by atoms with Gasteiger partial charge in [-0.1, -0.05) is 35.9 Å². The fourth-order valence-electron chi connectivity index (χ4n) is 2.14. The second kappa shape index (κ2) is 7.44. The van der Waals surface area contributed by atoms with E-state index in [1.807, 2.05) is 13.0 Å². The number of rotatable bonds is 4. The third-order valence-corrected chi connectivity index (χ3v) is 3.99. The van der Waals surface area contributed by atoms with E-state index >= 15 is 0 Å². The lowest BCUT2D eigenvalue weighted by molar-refractivity contribution is 0.139. The van der Waals surface area contributed by atoms with Crippen molar-refractivity contribution < 1.29 is 14.3 Å². The van der Waals surface area contributed by atoms with Crippen LogP contribution in [0.2, 0.25) is 5.02 Å². The average Bonchev–Trinajstić information content (AvgIpc) is 2.52. The molecule has 122 valence electrons. The Hall–Kier alpha value is -2.11. The normalized spacial score (nSPS) is 13.3. The van der Waals surface area contributed by atoms with Crippen molar-refractivity contribution in [3.63, 3.8) is 0 Å². The second-order valence-electron chi connectivity index (χ2n) is 5.32. The minimum Gasteiger partial charge on any atom is -0.386 e. The molecule has 2 atom stereocenters. The molecule has 0 saturated carbocycles. The van der Waals surface area contributed by atoms with Gasteiger partial charge >= 0.3 is 6.03 Å². The maximum atomic E-state index is 12.9. The van der Waals surface area contributed by atoms with Crippen molar-refractivity contribution in [1.29, 1.82) is 0 Å². The Bertz CT molecular complexity index is 691. The monoisotopic (exact) mass is 336 g/mol. The predicted molar refractivity (Wildman–Crippen MR) is 89.2 cm³/mol. The number of hydrogen-bond donors (Lipinski definition) is 3. The van der Waals surface area contributed by atoms with E-state index in [1.165, 1.54) is 24.3 Å². The molecule has 3 N–H and O–H groups in total. The van der Waals surface area contributed by atoms with Crippen molar-refractivity contribution in [2.75, 3.05) is 5.32 Å². The Labute approximate surface area is 139 Å². The first kappa shape index (κ1) is 17.2. The molecule has 0 fully saturated rings. The van der Waals surface area contributed by atoms with Crippen molar-refractivity contribution in [1.82, 2.24) is 5.32 Å². The van der Waals surface area contributed by atoms with E-state index < -0.39 is 18.2 Å². The molecule has 2 aromatic rings. The zero-order chi connectivity index (χ0) is 17.0.